The van der Waals surface area contributed by atoms with Gasteiger partial charge in [-0.3, -0.25) is 9.69 Å². The van der Waals surface area contributed by atoms with Gasteiger partial charge in [0.2, 0.25) is 5.91 Å². The Balaban J connectivity index is 1.27. The summed E-state index contributed by atoms with van der Waals surface area (Å²) in [5.74, 6) is 2.82. The second-order valence-electron chi connectivity index (χ2n) is 8.51. The Morgan fingerprint density at radius 2 is 2.12 bits per heavy atom. The van der Waals surface area contributed by atoms with Crippen LogP contribution >= 0.6 is 11.8 Å². The molecule has 3 fully saturated rings. The first kappa shape index (κ1) is 21.3. The van der Waals surface area contributed by atoms with Crippen LogP contribution in [0.5, 0.6) is 5.75 Å². The number of hydrogen-bond acceptors (Lipinski definition) is 8. The fourth-order valence-electron chi connectivity index (χ4n) is 5.01. The van der Waals surface area contributed by atoms with Gasteiger partial charge in [0.15, 0.2) is 0 Å². The number of pyridine rings is 1. The molecule has 0 aliphatic carbocycles. The fraction of sp³-hybridized carbons (Fsp3) is 0.522. The number of aromatic nitrogens is 1. The quantitative estimate of drug-likeness (QED) is 0.747. The van der Waals surface area contributed by atoms with E-state index in [-0.39, 0.29) is 11.9 Å². The summed E-state index contributed by atoms with van der Waals surface area (Å²) < 4.78 is 5.48. The number of carbonyl (C=O) groups excluding carboxylic acids is 1. The zero-order valence-electron chi connectivity index (χ0n) is 18.3. The van der Waals surface area contributed by atoms with Gasteiger partial charge in [-0.1, -0.05) is 12.1 Å². The second-order valence-corrected chi connectivity index (χ2v) is 9.58. The van der Waals surface area contributed by atoms with E-state index in [4.69, 9.17) is 4.74 Å². The molecule has 8 nitrogen and oxygen atoms in total. The summed E-state index contributed by atoms with van der Waals surface area (Å²) in [6.45, 7) is 5.36. The number of nitriles is 1. The van der Waals surface area contributed by atoms with Crippen LogP contribution in [0.25, 0.3) is 10.9 Å². The molecule has 5 rings (SSSR count). The number of thioether (sulfide) groups is 1. The van der Waals surface area contributed by atoms with E-state index in [0.717, 1.165) is 73.9 Å². The van der Waals surface area contributed by atoms with E-state index in [1.807, 2.05) is 40.9 Å². The molecule has 0 bridgehead atoms. The van der Waals surface area contributed by atoms with E-state index in [1.165, 1.54) is 0 Å². The van der Waals surface area contributed by atoms with E-state index >= 15 is 0 Å². The Hall–Kier alpha value is -2.54. The van der Waals surface area contributed by atoms with Crippen molar-refractivity contribution in [2.24, 2.45) is 0 Å². The van der Waals surface area contributed by atoms with Crippen molar-refractivity contribution in [2.75, 3.05) is 62.9 Å². The lowest BCUT2D eigenvalue weighted by Crippen LogP contribution is -2.51. The summed E-state index contributed by atoms with van der Waals surface area (Å²) >= 11 is 1.83. The van der Waals surface area contributed by atoms with Gasteiger partial charge in [0.05, 0.1) is 19.0 Å². The number of fused-ring (bicyclic) bond motifs is 1. The molecule has 1 amide bonds. The predicted octanol–water partition coefficient (Wildman–Crippen LogP) is 1.50. The highest BCUT2D eigenvalue weighted by atomic mass is 32.2. The minimum absolute atomic E-state index is 0.0495. The van der Waals surface area contributed by atoms with E-state index in [9.17, 15) is 10.1 Å². The molecule has 9 heteroatoms. The second kappa shape index (κ2) is 9.14. The van der Waals surface area contributed by atoms with Crippen molar-refractivity contribution in [1.82, 2.24) is 20.1 Å². The zero-order valence-corrected chi connectivity index (χ0v) is 19.1. The lowest BCUT2D eigenvalue weighted by Gasteiger charge is -2.39. The molecule has 3 aliphatic rings. The molecule has 4 heterocycles. The monoisotopic (exact) mass is 452 g/mol. The van der Waals surface area contributed by atoms with Crippen LogP contribution in [0.4, 0.5) is 5.69 Å². The predicted molar refractivity (Wildman–Crippen MR) is 126 cm³/mol. The van der Waals surface area contributed by atoms with Crippen LogP contribution in [0.1, 0.15) is 12.1 Å². The van der Waals surface area contributed by atoms with Crippen molar-refractivity contribution in [2.45, 2.75) is 18.5 Å². The molecule has 0 spiro atoms. The molecule has 3 saturated heterocycles. The molecule has 0 unspecified atom stereocenters. The molecule has 1 N–H and O–H groups in total. The highest BCUT2D eigenvalue weighted by Crippen LogP contribution is 2.33. The summed E-state index contributed by atoms with van der Waals surface area (Å²) in [5, 5.41) is 14.0. The minimum atomic E-state index is -0.0495. The number of amides is 1. The molecule has 32 heavy (non-hydrogen) atoms. The molecule has 0 radical (unpaired) electrons. The Labute approximate surface area is 192 Å². The van der Waals surface area contributed by atoms with Gasteiger partial charge in [0, 0.05) is 62.1 Å². The molecule has 0 saturated carbocycles. The number of carbonyl (C=O) groups is 1. The number of nitrogens with one attached hydrogen (secondary N) is 1. The Bertz CT molecular complexity index is 1040. The average molecular weight is 453 g/mol. The Kier molecular flexibility index (Phi) is 6.09. The van der Waals surface area contributed by atoms with Crippen LogP contribution in [0, 0.1) is 11.3 Å². The number of nitrogens with zero attached hydrogens (tertiary/aromatic N) is 5. The van der Waals surface area contributed by atoms with Gasteiger partial charge in [-0.15, -0.1) is 11.8 Å². The maximum atomic E-state index is 12.7. The average Bonchev–Trinajstić information content (AvgIpc) is 3.55. The third-order valence-electron chi connectivity index (χ3n) is 6.76. The maximum absolute atomic E-state index is 12.7. The van der Waals surface area contributed by atoms with Crippen molar-refractivity contribution < 1.29 is 9.53 Å². The molecular formula is C23H28N6O2S. The van der Waals surface area contributed by atoms with E-state index < -0.39 is 0 Å². The van der Waals surface area contributed by atoms with E-state index in [1.54, 1.807) is 7.11 Å². The highest BCUT2D eigenvalue weighted by Gasteiger charge is 2.36. The smallest absolute Gasteiger partial charge is 0.240 e. The minimum Gasteiger partial charge on any atom is -0.494 e. The summed E-state index contributed by atoms with van der Waals surface area (Å²) in [4.78, 5) is 24.0. The van der Waals surface area contributed by atoms with Crippen molar-refractivity contribution in [3.63, 3.8) is 0 Å². The van der Waals surface area contributed by atoms with E-state index in [2.05, 4.69) is 26.2 Å². The normalized spacial score (nSPS) is 24.1. The van der Waals surface area contributed by atoms with Gasteiger partial charge in [0.1, 0.15) is 23.0 Å². The first-order valence-corrected chi connectivity index (χ1v) is 12.3. The third kappa shape index (κ3) is 3.98. The summed E-state index contributed by atoms with van der Waals surface area (Å²) in [6, 6.07) is 10.3. The van der Waals surface area contributed by atoms with Gasteiger partial charge >= 0.3 is 0 Å². The van der Waals surface area contributed by atoms with Crippen molar-refractivity contribution in [1.29, 1.82) is 5.26 Å². The van der Waals surface area contributed by atoms with Crippen LogP contribution in [-0.2, 0) is 4.79 Å². The topological polar surface area (TPSA) is 84.7 Å². The summed E-state index contributed by atoms with van der Waals surface area (Å²) in [6.07, 6.45) is 0.883. The van der Waals surface area contributed by atoms with Gasteiger partial charge in [-0.05, 0) is 18.6 Å². The summed E-state index contributed by atoms with van der Waals surface area (Å²) in [5.41, 5.74) is 2.17. The summed E-state index contributed by atoms with van der Waals surface area (Å²) in [7, 11) is 1.63. The number of anilines is 1. The largest absolute Gasteiger partial charge is 0.494 e. The molecule has 2 aromatic rings. The van der Waals surface area contributed by atoms with Gasteiger partial charge in [-0.2, -0.15) is 5.26 Å². The fourth-order valence-corrected chi connectivity index (χ4v) is 5.96. The zero-order chi connectivity index (χ0) is 22.1. The van der Waals surface area contributed by atoms with Crippen molar-refractivity contribution in [3.8, 4) is 11.8 Å². The number of hydrogen-bond donors (Lipinski definition) is 1. The maximum Gasteiger partial charge on any atom is 0.240 e. The molecule has 168 valence electrons. The molecular weight excluding hydrogens is 424 g/mol. The number of para-hydroxylation sites is 1. The van der Waals surface area contributed by atoms with Gasteiger partial charge in [-0.25, -0.2) is 4.98 Å². The Morgan fingerprint density at radius 1 is 1.28 bits per heavy atom. The first-order chi connectivity index (χ1) is 15.7. The third-order valence-corrected chi connectivity index (χ3v) is 7.72. The van der Waals surface area contributed by atoms with Crippen LogP contribution < -0.4 is 15.0 Å². The number of ether oxygens (including phenoxy) is 1. The van der Waals surface area contributed by atoms with Crippen LogP contribution in [-0.4, -0.2) is 90.8 Å². The van der Waals surface area contributed by atoms with Crippen LogP contribution in [0.2, 0.25) is 0 Å². The molecule has 1 aromatic heterocycles. The molecule has 1 aromatic carbocycles. The lowest BCUT2D eigenvalue weighted by molar-refractivity contribution is -0.131. The van der Waals surface area contributed by atoms with Crippen LogP contribution in [0.3, 0.4) is 0 Å². The molecule has 2 atom stereocenters. The highest BCUT2D eigenvalue weighted by molar-refractivity contribution is 7.99. The number of rotatable bonds is 4. The number of methoxy groups -OCH3 is 1. The Morgan fingerprint density at radius 3 is 2.84 bits per heavy atom. The van der Waals surface area contributed by atoms with Gasteiger partial charge in [0.25, 0.3) is 0 Å². The van der Waals surface area contributed by atoms with Crippen molar-refractivity contribution >= 4 is 34.3 Å². The number of benzene rings is 1. The standard InChI is InChI=1S/C23H28N6O2S/c1-31-21-4-2-3-18-20(11-16(13-24)26-22(18)21)28-7-5-27(6-8-28)17-12-19(25-14-17)23(30)29-9-10-32-15-29/h2-4,11,17,19,25H,5-10,12,14-15H2,1H3/t17-,19-/m0/s1. The molecule has 3 aliphatic heterocycles. The number of piperazine rings is 1. The van der Waals surface area contributed by atoms with Crippen molar-refractivity contribution in [3.05, 3.63) is 30.0 Å². The van der Waals surface area contributed by atoms with Crippen LogP contribution in [0.15, 0.2) is 24.3 Å². The van der Waals surface area contributed by atoms with Gasteiger partial charge < -0.3 is 19.9 Å². The first-order valence-electron chi connectivity index (χ1n) is 11.1. The SMILES string of the molecule is COc1cccc2c(N3CCN([C@@H]4CN[C@H](C(=O)N5CCSC5)C4)CC3)cc(C#N)nc12. The van der Waals surface area contributed by atoms with E-state index in [0.29, 0.717) is 17.5 Å². The lowest BCUT2D eigenvalue weighted by atomic mass is 10.1.